The van der Waals surface area contributed by atoms with Crippen LogP contribution in [-0.2, 0) is 9.53 Å². The number of carbonyl (C=O) groups excluding carboxylic acids is 2. The largest absolute Gasteiger partial charge is 0.444 e. The number of likely N-dealkylation sites (tertiary alicyclic amines) is 1. The molecule has 27 heavy (non-hydrogen) atoms. The molecular formula is C20H31N3O3S. The normalized spacial score (nSPS) is 21.7. The molecule has 0 bridgehead atoms. The average Bonchev–Trinajstić information content (AvgIpc) is 3.09. The van der Waals surface area contributed by atoms with Crippen LogP contribution in [0.1, 0.15) is 83.7 Å². The lowest BCUT2D eigenvalue weighted by atomic mass is 9.87. The molecule has 2 amide bonds. The van der Waals surface area contributed by atoms with Gasteiger partial charge in [-0.15, -0.1) is 11.3 Å². The van der Waals surface area contributed by atoms with E-state index in [9.17, 15) is 9.59 Å². The van der Waals surface area contributed by atoms with E-state index in [0.29, 0.717) is 24.0 Å². The first kappa shape index (κ1) is 20.1. The molecule has 2 aliphatic rings. The minimum absolute atomic E-state index is 0.162. The molecule has 6 nitrogen and oxygen atoms in total. The summed E-state index contributed by atoms with van der Waals surface area (Å²) < 4.78 is 5.49. The second-order valence-electron chi connectivity index (χ2n) is 8.59. The fourth-order valence-electron chi connectivity index (χ4n) is 3.86. The zero-order valence-electron chi connectivity index (χ0n) is 16.6. The fourth-order valence-corrected chi connectivity index (χ4v) is 4.66. The summed E-state index contributed by atoms with van der Waals surface area (Å²) in [6.45, 7) is 6.07. The Morgan fingerprint density at radius 3 is 2.56 bits per heavy atom. The van der Waals surface area contributed by atoms with E-state index >= 15 is 0 Å². The number of hydrogen-bond acceptors (Lipinski definition) is 5. The van der Waals surface area contributed by atoms with Gasteiger partial charge in [-0.05, 0) is 52.9 Å². The molecule has 150 valence electrons. The number of nitrogens with one attached hydrogen (secondary N) is 1. The molecular weight excluding hydrogens is 362 g/mol. The zero-order valence-corrected chi connectivity index (χ0v) is 17.4. The topological polar surface area (TPSA) is 71.5 Å². The number of amides is 2. The smallest absolute Gasteiger partial charge is 0.410 e. The van der Waals surface area contributed by atoms with Gasteiger partial charge in [-0.2, -0.15) is 0 Å². The predicted octanol–water partition coefficient (Wildman–Crippen LogP) is 4.92. The van der Waals surface area contributed by atoms with Crippen LogP contribution in [0.3, 0.4) is 0 Å². The molecule has 0 radical (unpaired) electrons. The van der Waals surface area contributed by atoms with Crippen LogP contribution in [0.5, 0.6) is 0 Å². The summed E-state index contributed by atoms with van der Waals surface area (Å²) in [5.41, 5.74) is 0.530. The van der Waals surface area contributed by atoms with E-state index in [0.717, 1.165) is 18.5 Å². The van der Waals surface area contributed by atoms with Gasteiger partial charge in [0.1, 0.15) is 11.6 Å². The number of rotatable bonds is 3. The van der Waals surface area contributed by atoms with E-state index in [-0.39, 0.29) is 5.91 Å². The van der Waals surface area contributed by atoms with E-state index < -0.39 is 17.7 Å². The van der Waals surface area contributed by atoms with Gasteiger partial charge in [0.15, 0.2) is 5.13 Å². The molecule has 2 heterocycles. The van der Waals surface area contributed by atoms with Gasteiger partial charge in [0.05, 0.1) is 5.69 Å². The van der Waals surface area contributed by atoms with E-state index in [2.05, 4.69) is 15.7 Å². The molecule has 1 saturated heterocycles. The minimum Gasteiger partial charge on any atom is -0.444 e. The highest BCUT2D eigenvalue weighted by molar-refractivity contribution is 7.13. The van der Waals surface area contributed by atoms with Gasteiger partial charge in [-0.25, -0.2) is 9.78 Å². The maximum atomic E-state index is 12.8. The molecule has 0 spiro atoms. The Hall–Kier alpha value is -1.63. The molecule has 1 N–H and O–H groups in total. The van der Waals surface area contributed by atoms with Crippen molar-refractivity contribution in [3.05, 3.63) is 11.1 Å². The SMILES string of the molecule is CC(C)(C)OC(=O)N1CCCCC1C(=O)Nc1nc(C2CCCCC2)cs1. The van der Waals surface area contributed by atoms with Crippen molar-refractivity contribution in [2.45, 2.75) is 89.7 Å². The van der Waals surface area contributed by atoms with Crippen LogP contribution in [0.15, 0.2) is 5.38 Å². The van der Waals surface area contributed by atoms with Gasteiger partial charge in [0.25, 0.3) is 0 Å². The van der Waals surface area contributed by atoms with Crippen molar-refractivity contribution in [3.63, 3.8) is 0 Å². The lowest BCUT2D eigenvalue weighted by Gasteiger charge is -2.35. The van der Waals surface area contributed by atoms with Gasteiger partial charge in [0.2, 0.25) is 5.91 Å². The average molecular weight is 394 g/mol. The number of carbonyl (C=O) groups is 2. The number of anilines is 1. The summed E-state index contributed by atoms with van der Waals surface area (Å²) in [6.07, 6.45) is 8.28. The highest BCUT2D eigenvalue weighted by Gasteiger charge is 2.35. The third kappa shape index (κ3) is 5.43. The van der Waals surface area contributed by atoms with Crippen molar-refractivity contribution in [1.29, 1.82) is 0 Å². The summed E-state index contributed by atoms with van der Waals surface area (Å²) in [4.78, 5) is 31.6. The predicted molar refractivity (Wildman–Crippen MR) is 107 cm³/mol. The molecule has 1 aromatic rings. The Bertz CT molecular complexity index is 662. The summed E-state index contributed by atoms with van der Waals surface area (Å²) in [5.74, 6) is 0.360. The summed E-state index contributed by atoms with van der Waals surface area (Å²) in [5, 5.41) is 5.64. The molecule has 2 fully saturated rings. The van der Waals surface area contributed by atoms with Crippen molar-refractivity contribution in [3.8, 4) is 0 Å². The van der Waals surface area contributed by atoms with Crippen molar-refractivity contribution in [2.24, 2.45) is 0 Å². The van der Waals surface area contributed by atoms with Gasteiger partial charge >= 0.3 is 6.09 Å². The zero-order chi connectivity index (χ0) is 19.4. The molecule has 3 rings (SSSR count). The van der Waals surface area contributed by atoms with E-state index in [1.807, 2.05) is 20.8 Å². The van der Waals surface area contributed by atoms with E-state index in [1.54, 1.807) is 4.90 Å². The van der Waals surface area contributed by atoms with Crippen LogP contribution in [0.2, 0.25) is 0 Å². The maximum absolute atomic E-state index is 12.8. The van der Waals surface area contributed by atoms with Crippen LogP contribution < -0.4 is 5.32 Å². The number of ether oxygens (including phenoxy) is 1. The summed E-state index contributed by atoms with van der Waals surface area (Å²) in [6, 6.07) is -0.490. The van der Waals surface area contributed by atoms with Crippen LogP contribution in [0.25, 0.3) is 0 Å². The van der Waals surface area contributed by atoms with Gasteiger partial charge in [-0.1, -0.05) is 19.3 Å². The first-order chi connectivity index (χ1) is 12.8. The van der Waals surface area contributed by atoms with Crippen molar-refractivity contribution in [2.75, 3.05) is 11.9 Å². The standard InChI is InChI=1S/C20H31N3O3S/c1-20(2,3)26-19(25)23-12-8-7-11-16(23)17(24)22-18-21-15(13-27-18)14-9-5-4-6-10-14/h13-14,16H,4-12H2,1-3H3,(H,21,22,24). The first-order valence-electron chi connectivity index (χ1n) is 10.1. The third-order valence-corrected chi connectivity index (χ3v) is 5.98. The van der Waals surface area contributed by atoms with Crippen molar-refractivity contribution < 1.29 is 14.3 Å². The van der Waals surface area contributed by atoms with Crippen LogP contribution >= 0.6 is 11.3 Å². The van der Waals surface area contributed by atoms with Gasteiger partial charge in [-0.3, -0.25) is 9.69 Å². The number of thiazole rings is 1. The molecule has 1 unspecified atom stereocenters. The Morgan fingerprint density at radius 1 is 1.15 bits per heavy atom. The van der Waals surface area contributed by atoms with E-state index in [4.69, 9.17) is 4.74 Å². The Labute approximate surface area is 165 Å². The van der Waals surface area contributed by atoms with Gasteiger partial charge in [0, 0.05) is 17.8 Å². The Balaban J connectivity index is 1.63. The second-order valence-corrected chi connectivity index (χ2v) is 9.45. The molecule has 1 saturated carbocycles. The minimum atomic E-state index is -0.570. The molecule has 1 atom stereocenters. The summed E-state index contributed by atoms with van der Waals surface area (Å²) >= 11 is 1.48. The molecule has 1 aromatic heterocycles. The van der Waals surface area contributed by atoms with Crippen LogP contribution in [0.4, 0.5) is 9.93 Å². The summed E-state index contributed by atoms with van der Waals surface area (Å²) in [7, 11) is 0. The number of hydrogen-bond donors (Lipinski definition) is 1. The lowest BCUT2D eigenvalue weighted by Crippen LogP contribution is -2.51. The van der Waals surface area contributed by atoms with Crippen molar-refractivity contribution >= 4 is 28.5 Å². The third-order valence-electron chi connectivity index (χ3n) is 5.21. The molecule has 1 aliphatic carbocycles. The fraction of sp³-hybridized carbons (Fsp3) is 0.750. The molecule has 0 aromatic carbocycles. The molecule has 1 aliphatic heterocycles. The van der Waals surface area contributed by atoms with Crippen molar-refractivity contribution in [1.82, 2.24) is 9.88 Å². The Morgan fingerprint density at radius 2 is 1.85 bits per heavy atom. The number of piperidine rings is 1. The highest BCUT2D eigenvalue weighted by atomic mass is 32.1. The lowest BCUT2D eigenvalue weighted by molar-refractivity contribution is -0.122. The monoisotopic (exact) mass is 393 g/mol. The van der Waals surface area contributed by atoms with Gasteiger partial charge < -0.3 is 10.1 Å². The highest BCUT2D eigenvalue weighted by Crippen LogP contribution is 2.34. The second kappa shape index (κ2) is 8.59. The Kier molecular flexibility index (Phi) is 6.40. The van der Waals surface area contributed by atoms with Crippen LogP contribution in [-0.4, -0.2) is 40.1 Å². The van der Waals surface area contributed by atoms with E-state index in [1.165, 1.54) is 43.4 Å². The molecule has 7 heteroatoms. The first-order valence-corrected chi connectivity index (χ1v) is 11.0. The maximum Gasteiger partial charge on any atom is 0.410 e. The number of aromatic nitrogens is 1. The van der Waals surface area contributed by atoms with Crippen LogP contribution in [0, 0.1) is 0 Å². The number of nitrogens with zero attached hydrogens (tertiary/aromatic N) is 2. The quantitative estimate of drug-likeness (QED) is 0.791.